The van der Waals surface area contributed by atoms with Crippen LogP contribution in [0.4, 0.5) is 4.39 Å². The van der Waals surface area contributed by atoms with Gasteiger partial charge in [0, 0.05) is 12.4 Å². The summed E-state index contributed by atoms with van der Waals surface area (Å²) in [7, 11) is -4.05. The number of hydrogen-bond donors (Lipinski definition) is 1. The van der Waals surface area contributed by atoms with Gasteiger partial charge in [0.1, 0.15) is 12.4 Å². The number of carbonyl (C=O) groups excluding carboxylic acids is 1. The fourth-order valence-corrected chi connectivity index (χ4v) is 2.77. The first-order valence-corrected chi connectivity index (χ1v) is 8.98. The number of ether oxygens (including phenoxy) is 1. The van der Waals surface area contributed by atoms with Crippen molar-refractivity contribution in [1.82, 2.24) is 9.78 Å². The van der Waals surface area contributed by atoms with Gasteiger partial charge in [0.25, 0.3) is 0 Å². The topological polar surface area (TPSA) is 104 Å². The highest BCUT2D eigenvalue weighted by atomic mass is 32.2. The van der Waals surface area contributed by atoms with Gasteiger partial charge in [-0.3, -0.25) is 0 Å². The van der Waals surface area contributed by atoms with E-state index in [1.165, 1.54) is 0 Å². The van der Waals surface area contributed by atoms with E-state index in [2.05, 4.69) is 5.10 Å². The molecule has 0 fully saturated rings. The number of rotatable bonds is 5. The summed E-state index contributed by atoms with van der Waals surface area (Å²) in [5.74, 6) is -1.87. The molecule has 0 unspecified atom stereocenters. The number of hydrogen-bond acceptors (Lipinski definition) is 5. The van der Waals surface area contributed by atoms with Gasteiger partial charge in [-0.25, -0.2) is 27.4 Å². The fraction of sp³-hybridized carbons (Fsp3) is 0.0588. The third-order valence-electron chi connectivity index (χ3n) is 3.56. The summed E-state index contributed by atoms with van der Waals surface area (Å²) in [4.78, 5) is 11.7. The van der Waals surface area contributed by atoms with Gasteiger partial charge in [-0.2, -0.15) is 5.10 Å². The second-order valence-electron chi connectivity index (χ2n) is 5.38. The lowest BCUT2D eigenvalue weighted by Crippen LogP contribution is -2.14. The Kier molecular flexibility index (Phi) is 4.83. The lowest BCUT2D eigenvalue weighted by atomic mass is 10.2. The third-order valence-corrected chi connectivity index (χ3v) is 4.47. The maximum Gasteiger partial charge on any atom is 0.341 e. The van der Waals surface area contributed by atoms with Crippen molar-refractivity contribution in [3.05, 3.63) is 77.9 Å². The van der Waals surface area contributed by atoms with Gasteiger partial charge in [0.2, 0.25) is 10.0 Å². The molecule has 0 aliphatic rings. The lowest BCUT2D eigenvalue weighted by molar-refractivity contribution is 0.0467. The summed E-state index contributed by atoms with van der Waals surface area (Å²) in [5.41, 5.74) is 1.01. The molecule has 0 atom stereocenters. The van der Waals surface area contributed by atoms with Gasteiger partial charge >= 0.3 is 5.97 Å². The van der Waals surface area contributed by atoms with Crippen molar-refractivity contribution < 1.29 is 22.3 Å². The summed E-state index contributed by atoms with van der Waals surface area (Å²) in [5, 5.41) is 9.08. The first-order valence-electron chi connectivity index (χ1n) is 7.43. The Bertz CT molecular complexity index is 1030. The molecular weight excluding hydrogens is 361 g/mol. The Balaban J connectivity index is 1.71. The number of nitrogens with zero attached hydrogens (tertiary/aromatic N) is 2. The zero-order chi connectivity index (χ0) is 18.7. The van der Waals surface area contributed by atoms with Crippen LogP contribution in [0.15, 0.2) is 65.8 Å². The molecular formula is C17H14FN3O4S. The van der Waals surface area contributed by atoms with Gasteiger partial charge in [0.05, 0.1) is 16.1 Å². The van der Waals surface area contributed by atoms with Crippen molar-refractivity contribution in [1.29, 1.82) is 0 Å². The second-order valence-corrected chi connectivity index (χ2v) is 6.94. The molecule has 2 aromatic carbocycles. The highest BCUT2D eigenvalue weighted by molar-refractivity contribution is 7.89. The summed E-state index contributed by atoms with van der Waals surface area (Å²) < 4.78 is 43.2. The van der Waals surface area contributed by atoms with Crippen LogP contribution in [0.5, 0.6) is 0 Å². The van der Waals surface area contributed by atoms with Crippen molar-refractivity contribution in [3.8, 4) is 5.69 Å². The van der Waals surface area contributed by atoms with Crippen LogP contribution in [0, 0.1) is 5.82 Å². The molecule has 9 heteroatoms. The van der Waals surface area contributed by atoms with Gasteiger partial charge in [-0.05, 0) is 42.0 Å². The maximum absolute atomic E-state index is 13.8. The average molecular weight is 375 g/mol. The maximum atomic E-state index is 13.8. The predicted molar refractivity (Wildman–Crippen MR) is 90.5 cm³/mol. The molecule has 1 aromatic heterocycles. The Hall–Kier alpha value is -3.04. The van der Waals surface area contributed by atoms with Crippen LogP contribution < -0.4 is 5.14 Å². The Morgan fingerprint density at radius 2 is 1.92 bits per heavy atom. The normalized spacial score (nSPS) is 11.3. The highest BCUT2D eigenvalue weighted by Gasteiger charge is 2.18. The van der Waals surface area contributed by atoms with Crippen molar-refractivity contribution in [2.24, 2.45) is 5.14 Å². The molecule has 0 radical (unpaired) electrons. The summed E-state index contributed by atoms with van der Waals surface area (Å²) in [6.07, 6.45) is 3.44. The number of nitrogens with two attached hydrogens (primary N) is 1. The molecule has 0 saturated heterocycles. The van der Waals surface area contributed by atoms with Crippen LogP contribution in [0.25, 0.3) is 5.69 Å². The third kappa shape index (κ3) is 3.95. The second kappa shape index (κ2) is 7.06. The average Bonchev–Trinajstić information content (AvgIpc) is 3.14. The summed E-state index contributed by atoms with van der Waals surface area (Å²) >= 11 is 0. The number of esters is 1. The standard InChI is InChI=1S/C17H14FN3O4S/c18-16-7-6-14(26(19,23)24)10-15(16)17(22)25-11-12-2-4-13(5-3-12)21-9-1-8-20-21/h1-10H,11H2,(H2,19,23,24). The van der Waals surface area contributed by atoms with Crippen LogP contribution in [0.1, 0.15) is 15.9 Å². The highest BCUT2D eigenvalue weighted by Crippen LogP contribution is 2.16. The van der Waals surface area contributed by atoms with E-state index < -0.39 is 27.4 Å². The molecule has 0 aliphatic carbocycles. The van der Waals surface area contributed by atoms with E-state index in [-0.39, 0.29) is 11.5 Å². The molecule has 1 heterocycles. The van der Waals surface area contributed by atoms with Gasteiger partial charge in [-0.15, -0.1) is 0 Å². The lowest BCUT2D eigenvalue weighted by Gasteiger charge is -2.08. The summed E-state index contributed by atoms with van der Waals surface area (Å²) in [6, 6.07) is 11.5. The van der Waals surface area contributed by atoms with E-state index in [9.17, 15) is 17.6 Å². The van der Waals surface area contributed by atoms with Gasteiger partial charge in [0.15, 0.2) is 0 Å². The number of carbonyl (C=O) groups is 1. The molecule has 7 nitrogen and oxygen atoms in total. The number of primary sulfonamides is 1. The van der Waals surface area contributed by atoms with E-state index in [1.54, 1.807) is 47.4 Å². The minimum absolute atomic E-state index is 0.0999. The van der Waals surface area contributed by atoms with E-state index in [0.717, 1.165) is 23.9 Å². The number of aromatic nitrogens is 2. The Morgan fingerprint density at radius 3 is 2.54 bits per heavy atom. The molecule has 0 saturated carbocycles. The van der Waals surface area contributed by atoms with Crippen LogP contribution in [-0.2, 0) is 21.4 Å². The molecule has 0 bridgehead atoms. The van der Waals surface area contributed by atoms with Crippen LogP contribution in [-0.4, -0.2) is 24.2 Å². The molecule has 0 spiro atoms. The SMILES string of the molecule is NS(=O)(=O)c1ccc(F)c(C(=O)OCc2ccc(-n3cccn3)cc2)c1. The zero-order valence-electron chi connectivity index (χ0n) is 13.4. The monoisotopic (exact) mass is 375 g/mol. The Labute approximate surface area is 148 Å². The minimum atomic E-state index is -4.05. The molecule has 3 rings (SSSR count). The zero-order valence-corrected chi connectivity index (χ0v) is 14.2. The molecule has 3 aromatic rings. The largest absolute Gasteiger partial charge is 0.457 e. The number of sulfonamides is 1. The molecule has 134 valence electrons. The Morgan fingerprint density at radius 1 is 1.19 bits per heavy atom. The van der Waals surface area contributed by atoms with Gasteiger partial charge in [-0.1, -0.05) is 12.1 Å². The molecule has 2 N–H and O–H groups in total. The van der Waals surface area contributed by atoms with Crippen molar-refractivity contribution in [2.75, 3.05) is 0 Å². The van der Waals surface area contributed by atoms with Crippen LogP contribution in [0.3, 0.4) is 0 Å². The van der Waals surface area contributed by atoms with E-state index in [0.29, 0.717) is 5.56 Å². The number of benzene rings is 2. The summed E-state index contributed by atoms with van der Waals surface area (Å²) in [6.45, 7) is -0.0999. The quantitative estimate of drug-likeness (QED) is 0.687. The van der Waals surface area contributed by atoms with E-state index in [4.69, 9.17) is 9.88 Å². The first-order chi connectivity index (χ1) is 12.3. The van der Waals surface area contributed by atoms with Crippen molar-refractivity contribution in [3.63, 3.8) is 0 Å². The smallest absolute Gasteiger partial charge is 0.341 e. The van der Waals surface area contributed by atoms with Crippen LogP contribution >= 0.6 is 0 Å². The minimum Gasteiger partial charge on any atom is -0.457 e. The van der Waals surface area contributed by atoms with Gasteiger partial charge < -0.3 is 4.74 Å². The van der Waals surface area contributed by atoms with Crippen molar-refractivity contribution in [2.45, 2.75) is 11.5 Å². The first kappa shape index (κ1) is 17.8. The molecule has 0 aliphatic heterocycles. The number of halogens is 1. The fourth-order valence-electron chi connectivity index (χ4n) is 2.23. The predicted octanol–water partition coefficient (Wildman–Crippen LogP) is 2.02. The van der Waals surface area contributed by atoms with E-state index in [1.807, 2.05) is 0 Å². The van der Waals surface area contributed by atoms with E-state index >= 15 is 0 Å². The molecule has 26 heavy (non-hydrogen) atoms. The molecule has 0 amide bonds. The van der Waals surface area contributed by atoms with Crippen LogP contribution in [0.2, 0.25) is 0 Å². The van der Waals surface area contributed by atoms with Crippen molar-refractivity contribution >= 4 is 16.0 Å².